The van der Waals surface area contributed by atoms with Crippen molar-refractivity contribution >= 4 is 61.6 Å². The molecule has 2 radical (unpaired) electrons. The number of benzene rings is 4. The Bertz CT molecular complexity index is 1130. The highest BCUT2D eigenvalue weighted by atomic mass is 79.9. The van der Waals surface area contributed by atoms with Crippen molar-refractivity contribution in [3.05, 3.63) is 65.1 Å². The van der Waals surface area contributed by atoms with E-state index in [1.807, 2.05) is 74.5 Å². The molecule has 0 fully saturated rings. The minimum Gasteiger partial charge on any atom is -0.455 e. The smallest absolute Gasteiger partial charge is 0.144 e. The van der Waals surface area contributed by atoms with Gasteiger partial charge in [-0.25, -0.2) is 4.21 Å². The first-order chi connectivity index (χ1) is 13.1. The Hall–Kier alpha value is -2.11. The average Bonchev–Trinajstić information content (AvgIpc) is 2.68. The highest BCUT2D eigenvalue weighted by Gasteiger charge is 2.28. The summed E-state index contributed by atoms with van der Waals surface area (Å²) in [4.78, 5) is 1.43. The summed E-state index contributed by atoms with van der Waals surface area (Å²) in [7, 11) is 4.55. The van der Waals surface area contributed by atoms with Gasteiger partial charge in [-0.1, -0.05) is 79.1 Å². The van der Waals surface area contributed by atoms with E-state index in [1.54, 1.807) is 0 Å². The molecule has 0 saturated heterocycles. The molecule has 5 rings (SSSR count). The zero-order valence-corrected chi connectivity index (χ0v) is 17.4. The maximum Gasteiger partial charge on any atom is 0.144 e. The van der Waals surface area contributed by atoms with E-state index < -0.39 is 10.8 Å². The molecule has 0 saturated carbocycles. The molecule has 0 aromatic heterocycles. The van der Waals surface area contributed by atoms with Crippen molar-refractivity contribution in [2.24, 2.45) is 0 Å². The second-order valence-electron chi connectivity index (χ2n) is 6.00. The molecule has 1 aliphatic heterocycles. The van der Waals surface area contributed by atoms with Gasteiger partial charge in [-0.2, -0.15) is 0 Å². The van der Waals surface area contributed by atoms with Gasteiger partial charge < -0.3 is 4.74 Å². The number of ether oxygens (including phenoxy) is 1. The molecule has 0 amide bonds. The zero-order valence-electron chi connectivity index (χ0n) is 15.0. The van der Waals surface area contributed by atoms with Crippen LogP contribution in [0.3, 0.4) is 0 Å². The summed E-state index contributed by atoms with van der Waals surface area (Å²) in [6.45, 7) is 4.00. The van der Waals surface area contributed by atoms with Gasteiger partial charge in [0.15, 0.2) is 0 Å². The van der Waals surface area contributed by atoms with Crippen LogP contribution in [-0.2, 0) is 10.8 Å². The summed E-state index contributed by atoms with van der Waals surface area (Å²) in [5.74, 6) is 1.29. The first-order valence-electron chi connectivity index (χ1n) is 8.76. The fraction of sp³-hybridized carbons (Fsp3) is 0.130. The SMILES string of the molecule is C.CC.[B]c1ccc2c3c(ccc2c1)Oc1ccc2cc(Br)ccc2c1S3=O. The molecular weight excluding hydrogens is 431 g/mol. The number of halogens is 1. The zero-order chi connectivity index (χ0) is 19.1. The van der Waals surface area contributed by atoms with Crippen molar-refractivity contribution < 1.29 is 8.95 Å². The van der Waals surface area contributed by atoms with Crippen LogP contribution in [0.25, 0.3) is 21.5 Å². The molecular formula is C23H20BBrO2S. The highest BCUT2D eigenvalue weighted by molar-refractivity contribution is 9.10. The van der Waals surface area contributed by atoms with Gasteiger partial charge in [0.1, 0.15) is 19.3 Å². The number of rotatable bonds is 0. The van der Waals surface area contributed by atoms with E-state index in [4.69, 9.17) is 12.6 Å². The third-order valence-corrected chi connectivity index (χ3v) is 6.52. The van der Waals surface area contributed by atoms with E-state index in [9.17, 15) is 4.21 Å². The van der Waals surface area contributed by atoms with E-state index in [0.717, 1.165) is 30.9 Å². The predicted molar refractivity (Wildman–Crippen MR) is 124 cm³/mol. The fourth-order valence-corrected chi connectivity index (χ4v) is 5.25. The molecule has 2 nitrogen and oxygen atoms in total. The largest absolute Gasteiger partial charge is 0.455 e. The Labute approximate surface area is 177 Å². The van der Waals surface area contributed by atoms with Crippen LogP contribution in [0, 0.1) is 0 Å². The monoisotopic (exact) mass is 450 g/mol. The van der Waals surface area contributed by atoms with Crippen molar-refractivity contribution in [1.29, 1.82) is 0 Å². The second kappa shape index (κ2) is 8.10. The lowest BCUT2D eigenvalue weighted by atomic mass is 9.93. The topological polar surface area (TPSA) is 26.3 Å². The number of hydrogen-bond acceptors (Lipinski definition) is 2. The van der Waals surface area contributed by atoms with Gasteiger partial charge in [0.2, 0.25) is 0 Å². The van der Waals surface area contributed by atoms with E-state index in [1.165, 1.54) is 0 Å². The normalized spacial score (nSPS) is 14.2. The van der Waals surface area contributed by atoms with Crippen LogP contribution in [0.2, 0.25) is 0 Å². The quantitative estimate of drug-likeness (QED) is 0.252. The summed E-state index contributed by atoms with van der Waals surface area (Å²) in [5, 5.41) is 3.84. The van der Waals surface area contributed by atoms with Crippen LogP contribution in [0.1, 0.15) is 21.3 Å². The Morgan fingerprint density at radius 3 is 1.96 bits per heavy atom. The Kier molecular flexibility index (Phi) is 5.97. The lowest BCUT2D eigenvalue weighted by molar-refractivity contribution is 0.454. The summed E-state index contributed by atoms with van der Waals surface area (Å²) in [6, 6.07) is 19.3. The molecule has 5 heteroatoms. The lowest BCUT2D eigenvalue weighted by Crippen LogP contribution is -2.08. The molecule has 4 aromatic rings. The first-order valence-corrected chi connectivity index (χ1v) is 10.7. The molecule has 0 bridgehead atoms. The minimum absolute atomic E-state index is 0. The van der Waals surface area contributed by atoms with Crippen molar-refractivity contribution in [2.45, 2.75) is 31.1 Å². The standard InChI is InChI=1S/C20H10BBrO2S.C2H6.CH4/c21-13-3-5-15-11(9-13)1-7-17-19(15)25(23)20-16-6-4-14(22)10-12(16)2-8-18(20)24-17;1-2;/h1-10H;1-2H3;1H4. The van der Waals surface area contributed by atoms with Crippen molar-refractivity contribution in [2.75, 3.05) is 0 Å². The molecule has 4 aromatic carbocycles. The van der Waals surface area contributed by atoms with Crippen molar-refractivity contribution in [1.82, 2.24) is 0 Å². The molecule has 1 atom stereocenters. The van der Waals surface area contributed by atoms with E-state index in [-0.39, 0.29) is 7.43 Å². The third kappa shape index (κ3) is 3.27. The lowest BCUT2D eigenvalue weighted by Gasteiger charge is -2.22. The van der Waals surface area contributed by atoms with Gasteiger partial charge in [-0.15, -0.1) is 0 Å². The molecule has 0 aliphatic carbocycles. The van der Waals surface area contributed by atoms with Crippen LogP contribution < -0.4 is 10.2 Å². The van der Waals surface area contributed by atoms with Crippen LogP contribution in [0.5, 0.6) is 11.5 Å². The number of fused-ring (bicyclic) bond motifs is 6. The van der Waals surface area contributed by atoms with Gasteiger partial charge in [0.25, 0.3) is 0 Å². The fourth-order valence-electron chi connectivity index (χ4n) is 3.32. The summed E-state index contributed by atoms with van der Waals surface area (Å²) >= 11 is 3.49. The van der Waals surface area contributed by atoms with E-state index in [2.05, 4.69) is 15.9 Å². The van der Waals surface area contributed by atoms with Gasteiger partial charge in [0, 0.05) is 15.2 Å². The van der Waals surface area contributed by atoms with Crippen molar-refractivity contribution in [3.63, 3.8) is 0 Å². The number of hydrogen-bond donors (Lipinski definition) is 0. The summed E-state index contributed by atoms with van der Waals surface area (Å²) in [6.07, 6.45) is 0. The van der Waals surface area contributed by atoms with Gasteiger partial charge in [-0.3, -0.25) is 0 Å². The van der Waals surface area contributed by atoms with Gasteiger partial charge in [0.05, 0.1) is 20.6 Å². The Balaban J connectivity index is 0.000000728. The molecule has 1 heterocycles. The Morgan fingerprint density at radius 2 is 1.36 bits per heavy atom. The van der Waals surface area contributed by atoms with Crippen LogP contribution >= 0.6 is 15.9 Å². The maximum absolute atomic E-state index is 13.5. The Morgan fingerprint density at radius 1 is 0.821 bits per heavy atom. The molecule has 0 N–H and O–H groups in total. The van der Waals surface area contributed by atoms with E-state index >= 15 is 0 Å². The van der Waals surface area contributed by atoms with E-state index in [0.29, 0.717) is 21.9 Å². The van der Waals surface area contributed by atoms with Gasteiger partial charge >= 0.3 is 0 Å². The second-order valence-corrected chi connectivity index (χ2v) is 8.27. The first kappa shape index (κ1) is 20.6. The summed E-state index contributed by atoms with van der Waals surface area (Å²) < 4.78 is 20.6. The highest BCUT2D eigenvalue weighted by Crippen LogP contribution is 2.46. The van der Waals surface area contributed by atoms with Gasteiger partial charge in [-0.05, 0) is 35.0 Å². The maximum atomic E-state index is 13.5. The van der Waals surface area contributed by atoms with Crippen molar-refractivity contribution in [3.8, 4) is 11.5 Å². The van der Waals surface area contributed by atoms with Crippen LogP contribution in [0.4, 0.5) is 0 Å². The molecule has 0 spiro atoms. The molecule has 140 valence electrons. The average molecular weight is 451 g/mol. The van der Waals surface area contributed by atoms with Crippen LogP contribution in [-0.4, -0.2) is 12.1 Å². The van der Waals surface area contributed by atoms with Crippen LogP contribution in [0.15, 0.2) is 74.9 Å². The third-order valence-electron chi connectivity index (χ3n) is 4.45. The molecule has 1 aliphatic rings. The minimum atomic E-state index is -1.33. The predicted octanol–water partition coefficient (Wildman–Crippen LogP) is 6.48. The molecule has 1 unspecified atom stereocenters. The molecule has 28 heavy (non-hydrogen) atoms. The summed E-state index contributed by atoms with van der Waals surface area (Å²) in [5.41, 5.74) is 0.686.